The molecule has 88 valence electrons. The summed E-state index contributed by atoms with van der Waals surface area (Å²) in [6.45, 7) is 9.78. The summed E-state index contributed by atoms with van der Waals surface area (Å²) in [5, 5.41) is 0. The maximum atomic E-state index is 2.46. The van der Waals surface area contributed by atoms with E-state index in [1.165, 1.54) is 19.3 Å². The summed E-state index contributed by atoms with van der Waals surface area (Å²) in [5.41, 5.74) is 0. The highest BCUT2D eigenvalue weighted by Gasteiger charge is 2.43. The van der Waals surface area contributed by atoms with E-state index in [1.54, 1.807) is 12.8 Å². The Labute approximate surface area is 95.8 Å². The Kier molecular flexibility index (Phi) is 3.42. The summed E-state index contributed by atoms with van der Waals surface area (Å²) in [5.74, 6) is 6.08. The maximum absolute atomic E-state index is 2.46. The predicted molar refractivity (Wildman–Crippen MR) is 66.7 cm³/mol. The zero-order chi connectivity index (χ0) is 11.0. The lowest BCUT2D eigenvalue weighted by molar-refractivity contribution is 0.104. The summed E-state index contributed by atoms with van der Waals surface area (Å²) in [7, 11) is 0. The molecule has 0 radical (unpaired) electrons. The molecular formula is C15H28. The summed E-state index contributed by atoms with van der Waals surface area (Å²) in [6.07, 6.45) is 7.65. The molecule has 0 bridgehead atoms. The number of rotatable bonds is 3. The molecule has 0 nitrogen and oxygen atoms in total. The van der Waals surface area contributed by atoms with E-state index < -0.39 is 0 Å². The lowest BCUT2D eigenvalue weighted by Crippen LogP contribution is -2.31. The van der Waals surface area contributed by atoms with Crippen molar-refractivity contribution in [2.24, 2.45) is 35.5 Å². The average molecular weight is 208 g/mol. The van der Waals surface area contributed by atoms with E-state index in [0.29, 0.717) is 0 Å². The van der Waals surface area contributed by atoms with E-state index in [0.717, 1.165) is 35.5 Å². The molecule has 0 aliphatic heterocycles. The van der Waals surface area contributed by atoms with Gasteiger partial charge in [-0.15, -0.1) is 0 Å². The smallest absolute Gasteiger partial charge is 0.0329 e. The molecule has 0 spiro atoms. The molecule has 3 unspecified atom stereocenters. The molecule has 0 heteroatoms. The van der Waals surface area contributed by atoms with Crippen LogP contribution in [0.3, 0.4) is 0 Å². The van der Waals surface area contributed by atoms with Gasteiger partial charge in [0.05, 0.1) is 0 Å². The molecule has 3 atom stereocenters. The van der Waals surface area contributed by atoms with Gasteiger partial charge in [-0.25, -0.2) is 0 Å². The standard InChI is InChI=1S/C15H28/c1-10(2)13-8-9-14(12-6-5-7-12)15(13)11(3)4/h10-15H,5-9H2,1-4H3. The fourth-order valence-corrected chi connectivity index (χ4v) is 4.27. The summed E-state index contributed by atoms with van der Waals surface area (Å²) in [4.78, 5) is 0. The Morgan fingerprint density at radius 1 is 0.800 bits per heavy atom. The van der Waals surface area contributed by atoms with Crippen LogP contribution in [0.25, 0.3) is 0 Å². The van der Waals surface area contributed by atoms with Crippen molar-refractivity contribution >= 4 is 0 Å². The van der Waals surface area contributed by atoms with Crippen LogP contribution in [0.4, 0.5) is 0 Å². The van der Waals surface area contributed by atoms with Crippen molar-refractivity contribution < 1.29 is 0 Å². The van der Waals surface area contributed by atoms with E-state index in [4.69, 9.17) is 0 Å². The van der Waals surface area contributed by atoms with Crippen LogP contribution in [0.15, 0.2) is 0 Å². The molecule has 15 heavy (non-hydrogen) atoms. The van der Waals surface area contributed by atoms with Crippen molar-refractivity contribution in [3.63, 3.8) is 0 Å². The van der Waals surface area contributed by atoms with Crippen molar-refractivity contribution in [1.82, 2.24) is 0 Å². The normalized spacial score (nSPS) is 37.6. The van der Waals surface area contributed by atoms with Gasteiger partial charge < -0.3 is 0 Å². The number of hydrogen-bond donors (Lipinski definition) is 0. The van der Waals surface area contributed by atoms with Crippen LogP contribution in [0, 0.1) is 35.5 Å². The second-order valence-corrected chi connectivity index (χ2v) is 6.66. The van der Waals surface area contributed by atoms with Gasteiger partial charge >= 0.3 is 0 Å². The van der Waals surface area contributed by atoms with Crippen molar-refractivity contribution in [1.29, 1.82) is 0 Å². The van der Waals surface area contributed by atoms with Crippen LogP contribution in [0.5, 0.6) is 0 Å². The van der Waals surface area contributed by atoms with Gasteiger partial charge in [0.1, 0.15) is 0 Å². The molecule has 0 heterocycles. The first-order chi connectivity index (χ1) is 7.11. The van der Waals surface area contributed by atoms with Crippen LogP contribution < -0.4 is 0 Å². The topological polar surface area (TPSA) is 0 Å². The lowest BCUT2D eigenvalue weighted by atomic mass is 9.66. The van der Waals surface area contributed by atoms with Gasteiger partial charge in [-0.2, -0.15) is 0 Å². The Hall–Kier alpha value is 0. The Morgan fingerprint density at radius 3 is 1.87 bits per heavy atom. The summed E-state index contributed by atoms with van der Waals surface area (Å²) < 4.78 is 0. The van der Waals surface area contributed by atoms with Gasteiger partial charge in [0.15, 0.2) is 0 Å². The van der Waals surface area contributed by atoms with Crippen molar-refractivity contribution in [3.8, 4) is 0 Å². The van der Waals surface area contributed by atoms with Crippen LogP contribution in [-0.2, 0) is 0 Å². The Bertz CT molecular complexity index is 200. The molecular weight excluding hydrogens is 180 g/mol. The van der Waals surface area contributed by atoms with Gasteiger partial charge in [0, 0.05) is 0 Å². The molecule has 2 aliphatic carbocycles. The van der Waals surface area contributed by atoms with E-state index in [1.807, 2.05) is 0 Å². The zero-order valence-corrected chi connectivity index (χ0v) is 11.0. The van der Waals surface area contributed by atoms with Gasteiger partial charge in [-0.05, 0) is 48.3 Å². The molecule has 0 aromatic heterocycles. The third-order valence-electron chi connectivity index (χ3n) is 5.20. The van der Waals surface area contributed by atoms with Gasteiger partial charge in [0.2, 0.25) is 0 Å². The molecule has 0 aromatic carbocycles. The third kappa shape index (κ3) is 2.10. The molecule has 0 amide bonds. The van der Waals surface area contributed by atoms with Crippen LogP contribution in [-0.4, -0.2) is 0 Å². The highest BCUT2D eigenvalue weighted by molar-refractivity contribution is 4.93. The SMILES string of the molecule is CC(C)C1CCC(C2CCC2)C1C(C)C. The molecule has 2 aliphatic rings. The van der Waals surface area contributed by atoms with Crippen LogP contribution in [0.1, 0.15) is 59.8 Å². The van der Waals surface area contributed by atoms with Crippen molar-refractivity contribution in [3.05, 3.63) is 0 Å². The molecule has 0 N–H and O–H groups in total. The second-order valence-electron chi connectivity index (χ2n) is 6.66. The van der Waals surface area contributed by atoms with Crippen LogP contribution in [0.2, 0.25) is 0 Å². The maximum Gasteiger partial charge on any atom is -0.0329 e. The fraction of sp³-hybridized carbons (Fsp3) is 1.00. The lowest BCUT2D eigenvalue weighted by Gasteiger charge is -2.39. The predicted octanol–water partition coefficient (Wildman–Crippen LogP) is 4.74. The first kappa shape index (κ1) is 11.5. The first-order valence-electron chi connectivity index (χ1n) is 7.11. The average Bonchev–Trinajstić information content (AvgIpc) is 2.45. The molecule has 2 saturated carbocycles. The van der Waals surface area contributed by atoms with E-state index >= 15 is 0 Å². The minimum atomic E-state index is 0.905. The van der Waals surface area contributed by atoms with Gasteiger partial charge in [0.25, 0.3) is 0 Å². The van der Waals surface area contributed by atoms with E-state index in [2.05, 4.69) is 27.7 Å². The van der Waals surface area contributed by atoms with E-state index in [-0.39, 0.29) is 0 Å². The fourth-order valence-electron chi connectivity index (χ4n) is 4.27. The minimum absolute atomic E-state index is 0.905. The van der Waals surface area contributed by atoms with Gasteiger partial charge in [-0.1, -0.05) is 47.0 Å². The summed E-state index contributed by atoms with van der Waals surface area (Å²) in [6, 6.07) is 0. The molecule has 2 rings (SSSR count). The Morgan fingerprint density at radius 2 is 1.47 bits per heavy atom. The quantitative estimate of drug-likeness (QED) is 0.628. The van der Waals surface area contributed by atoms with E-state index in [9.17, 15) is 0 Å². The third-order valence-corrected chi connectivity index (χ3v) is 5.20. The highest BCUT2D eigenvalue weighted by atomic mass is 14.5. The number of hydrogen-bond acceptors (Lipinski definition) is 0. The highest BCUT2D eigenvalue weighted by Crippen LogP contribution is 2.52. The first-order valence-corrected chi connectivity index (χ1v) is 7.11. The monoisotopic (exact) mass is 208 g/mol. The minimum Gasteiger partial charge on any atom is -0.0625 e. The molecule has 2 fully saturated rings. The molecule has 0 saturated heterocycles. The zero-order valence-electron chi connectivity index (χ0n) is 11.0. The van der Waals surface area contributed by atoms with Crippen molar-refractivity contribution in [2.45, 2.75) is 59.8 Å². The summed E-state index contributed by atoms with van der Waals surface area (Å²) >= 11 is 0. The van der Waals surface area contributed by atoms with Crippen LogP contribution >= 0.6 is 0 Å². The largest absolute Gasteiger partial charge is 0.0625 e. The molecule has 0 aromatic rings. The Balaban J connectivity index is 2.05. The van der Waals surface area contributed by atoms with Gasteiger partial charge in [-0.3, -0.25) is 0 Å². The van der Waals surface area contributed by atoms with Crippen molar-refractivity contribution in [2.75, 3.05) is 0 Å². The second kappa shape index (κ2) is 4.47.